The summed E-state index contributed by atoms with van der Waals surface area (Å²) in [4.78, 5) is 26.6. The SMILES string of the molecule is O=c1c2cc(Br)ccc2n(Cc2ccc3c(c2)OCCO3)c(=O)n1-c1ccccc1. The molecule has 0 saturated carbocycles. The highest BCUT2D eigenvalue weighted by Gasteiger charge is 2.17. The summed E-state index contributed by atoms with van der Waals surface area (Å²) in [5.74, 6) is 1.36. The maximum absolute atomic E-state index is 13.4. The second-order valence-corrected chi connectivity index (χ2v) is 7.90. The first kappa shape index (κ1) is 18.7. The van der Waals surface area contributed by atoms with Crippen molar-refractivity contribution in [2.75, 3.05) is 13.2 Å². The minimum atomic E-state index is -0.393. The Labute approximate surface area is 180 Å². The van der Waals surface area contributed by atoms with E-state index in [4.69, 9.17) is 9.47 Å². The standard InChI is InChI=1S/C23H17BrN2O4/c24-16-7-8-19-18(13-16)22(27)26(17-4-2-1-3-5-17)23(28)25(19)14-15-6-9-20-21(12-15)30-11-10-29-20/h1-9,12-13H,10-11,14H2. The molecule has 0 aliphatic carbocycles. The van der Waals surface area contributed by atoms with E-state index in [2.05, 4.69) is 15.9 Å². The van der Waals surface area contributed by atoms with Gasteiger partial charge in [-0.1, -0.05) is 40.2 Å². The van der Waals surface area contributed by atoms with Gasteiger partial charge in [-0.2, -0.15) is 0 Å². The third-order valence-electron chi connectivity index (χ3n) is 5.07. The fourth-order valence-corrected chi connectivity index (χ4v) is 4.03. The monoisotopic (exact) mass is 464 g/mol. The molecular weight excluding hydrogens is 448 g/mol. The normalized spacial score (nSPS) is 12.8. The molecule has 1 aliphatic heterocycles. The van der Waals surface area contributed by atoms with Crippen molar-refractivity contribution < 1.29 is 9.47 Å². The molecule has 0 N–H and O–H groups in total. The zero-order valence-corrected chi connectivity index (χ0v) is 17.5. The van der Waals surface area contributed by atoms with Gasteiger partial charge in [0.15, 0.2) is 11.5 Å². The molecule has 0 atom stereocenters. The highest BCUT2D eigenvalue weighted by molar-refractivity contribution is 9.10. The van der Waals surface area contributed by atoms with Crippen molar-refractivity contribution in [3.05, 3.63) is 97.6 Å². The van der Waals surface area contributed by atoms with Gasteiger partial charge in [0.1, 0.15) is 13.2 Å². The molecule has 6 nitrogen and oxygen atoms in total. The number of fused-ring (bicyclic) bond motifs is 2. The molecule has 1 aliphatic rings. The third-order valence-corrected chi connectivity index (χ3v) is 5.56. The average Bonchev–Trinajstić information content (AvgIpc) is 2.77. The minimum Gasteiger partial charge on any atom is -0.486 e. The number of ether oxygens (including phenoxy) is 2. The Morgan fingerprint density at radius 2 is 1.63 bits per heavy atom. The quantitative estimate of drug-likeness (QED) is 0.463. The Balaban J connectivity index is 1.73. The molecule has 0 bridgehead atoms. The van der Waals surface area contributed by atoms with Gasteiger partial charge in [0.05, 0.1) is 23.1 Å². The number of para-hydroxylation sites is 1. The van der Waals surface area contributed by atoms with Crippen LogP contribution in [0.25, 0.3) is 16.6 Å². The van der Waals surface area contributed by atoms with E-state index in [9.17, 15) is 9.59 Å². The number of nitrogens with zero attached hydrogens (tertiary/aromatic N) is 2. The van der Waals surface area contributed by atoms with Crippen LogP contribution >= 0.6 is 15.9 Å². The van der Waals surface area contributed by atoms with Crippen LogP contribution < -0.4 is 20.7 Å². The van der Waals surface area contributed by atoms with Crippen molar-refractivity contribution >= 4 is 26.8 Å². The molecule has 0 saturated heterocycles. The Morgan fingerprint density at radius 1 is 0.867 bits per heavy atom. The lowest BCUT2D eigenvalue weighted by molar-refractivity contribution is 0.171. The van der Waals surface area contributed by atoms with E-state index in [-0.39, 0.29) is 5.56 Å². The molecular formula is C23H17BrN2O4. The Morgan fingerprint density at radius 3 is 2.43 bits per heavy atom. The van der Waals surface area contributed by atoms with E-state index >= 15 is 0 Å². The van der Waals surface area contributed by atoms with E-state index in [0.29, 0.717) is 47.8 Å². The minimum absolute atomic E-state index is 0.292. The number of hydrogen-bond acceptors (Lipinski definition) is 4. The average molecular weight is 465 g/mol. The van der Waals surface area contributed by atoms with Crippen molar-refractivity contribution in [1.29, 1.82) is 0 Å². The fraction of sp³-hybridized carbons (Fsp3) is 0.130. The largest absolute Gasteiger partial charge is 0.486 e. The Kier molecular flexibility index (Phi) is 4.67. The van der Waals surface area contributed by atoms with Crippen LogP contribution in [-0.2, 0) is 6.54 Å². The molecule has 2 heterocycles. The summed E-state index contributed by atoms with van der Waals surface area (Å²) in [6.45, 7) is 1.31. The van der Waals surface area contributed by atoms with E-state index in [1.165, 1.54) is 4.57 Å². The zero-order chi connectivity index (χ0) is 20.7. The van der Waals surface area contributed by atoms with Crippen molar-refractivity contribution in [3.63, 3.8) is 0 Å². The second-order valence-electron chi connectivity index (χ2n) is 6.98. The number of halogens is 1. The van der Waals surface area contributed by atoms with E-state index in [1.54, 1.807) is 41.0 Å². The van der Waals surface area contributed by atoms with Crippen molar-refractivity contribution in [2.24, 2.45) is 0 Å². The second kappa shape index (κ2) is 7.50. The summed E-state index contributed by atoms with van der Waals surface area (Å²) in [6.07, 6.45) is 0. The maximum Gasteiger partial charge on any atom is 0.336 e. The van der Waals surface area contributed by atoms with Crippen LogP contribution in [-0.4, -0.2) is 22.3 Å². The van der Waals surface area contributed by atoms with Gasteiger partial charge in [0.25, 0.3) is 5.56 Å². The smallest absolute Gasteiger partial charge is 0.336 e. The summed E-state index contributed by atoms with van der Waals surface area (Å²) in [7, 11) is 0. The highest BCUT2D eigenvalue weighted by Crippen LogP contribution is 2.31. The zero-order valence-electron chi connectivity index (χ0n) is 15.9. The van der Waals surface area contributed by atoms with Gasteiger partial charge in [0.2, 0.25) is 0 Å². The molecule has 30 heavy (non-hydrogen) atoms. The fourth-order valence-electron chi connectivity index (χ4n) is 3.67. The van der Waals surface area contributed by atoms with Gasteiger partial charge in [-0.25, -0.2) is 9.36 Å². The van der Waals surface area contributed by atoms with Crippen molar-refractivity contribution in [1.82, 2.24) is 9.13 Å². The number of benzene rings is 3. The Bertz CT molecular complexity index is 1380. The topological polar surface area (TPSA) is 62.5 Å². The summed E-state index contributed by atoms with van der Waals surface area (Å²) < 4.78 is 14.9. The summed E-state index contributed by atoms with van der Waals surface area (Å²) in [5.41, 5.74) is 1.25. The molecule has 1 aromatic heterocycles. The lowest BCUT2D eigenvalue weighted by Gasteiger charge is -2.19. The first-order chi connectivity index (χ1) is 14.6. The van der Waals surface area contributed by atoms with Crippen LogP contribution in [0.5, 0.6) is 11.5 Å². The molecule has 5 rings (SSSR count). The van der Waals surface area contributed by atoms with Gasteiger partial charge >= 0.3 is 5.69 Å². The third kappa shape index (κ3) is 3.21. The summed E-state index contributed by atoms with van der Waals surface area (Å²) in [5, 5.41) is 0.463. The number of aromatic nitrogens is 2. The molecule has 3 aromatic carbocycles. The first-order valence-electron chi connectivity index (χ1n) is 9.51. The van der Waals surface area contributed by atoms with Crippen LogP contribution in [0.2, 0.25) is 0 Å². The van der Waals surface area contributed by atoms with Gasteiger partial charge in [-0.05, 0) is 48.0 Å². The number of hydrogen-bond donors (Lipinski definition) is 0. The van der Waals surface area contributed by atoms with Gasteiger partial charge < -0.3 is 9.47 Å². The van der Waals surface area contributed by atoms with Crippen LogP contribution in [0.4, 0.5) is 0 Å². The molecule has 4 aromatic rings. The van der Waals surface area contributed by atoms with E-state index < -0.39 is 5.69 Å². The van der Waals surface area contributed by atoms with Gasteiger partial charge in [-0.15, -0.1) is 0 Å². The lowest BCUT2D eigenvalue weighted by atomic mass is 10.1. The molecule has 0 amide bonds. The van der Waals surface area contributed by atoms with E-state index in [0.717, 1.165) is 10.0 Å². The Hall–Kier alpha value is -3.32. The van der Waals surface area contributed by atoms with E-state index in [1.807, 2.05) is 30.3 Å². The molecule has 150 valence electrons. The highest BCUT2D eigenvalue weighted by atomic mass is 79.9. The molecule has 0 fully saturated rings. The molecule has 0 radical (unpaired) electrons. The summed E-state index contributed by atoms with van der Waals surface area (Å²) in [6, 6.07) is 19.9. The van der Waals surface area contributed by atoms with Crippen LogP contribution in [0.15, 0.2) is 80.8 Å². The van der Waals surface area contributed by atoms with Crippen molar-refractivity contribution in [2.45, 2.75) is 6.54 Å². The predicted octanol–water partition coefficient (Wildman–Crippen LogP) is 3.73. The molecule has 0 spiro atoms. The van der Waals surface area contributed by atoms with Crippen LogP contribution in [0, 0.1) is 0 Å². The lowest BCUT2D eigenvalue weighted by Crippen LogP contribution is -2.39. The predicted molar refractivity (Wildman–Crippen MR) is 118 cm³/mol. The van der Waals surface area contributed by atoms with Gasteiger partial charge in [-0.3, -0.25) is 9.36 Å². The molecule has 7 heteroatoms. The summed E-state index contributed by atoms with van der Waals surface area (Å²) >= 11 is 3.43. The first-order valence-corrected chi connectivity index (χ1v) is 10.3. The van der Waals surface area contributed by atoms with Crippen LogP contribution in [0.1, 0.15) is 5.56 Å². The van der Waals surface area contributed by atoms with Crippen molar-refractivity contribution in [3.8, 4) is 17.2 Å². The number of rotatable bonds is 3. The van der Waals surface area contributed by atoms with Crippen LogP contribution in [0.3, 0.4) is 0 Å². The molecule has 0 unspecified atom stereocenters. The maximum atomic E-state index is 13.4. The van der Waals surface area contributed by atoms with Gasteiger partial charge in [0, 0.05) is 4.47 Å².